The van der Waals surface area contributed by atoms with E-state index in [0.29, 0.717) is 11.7 Å². The molecule has 1 atom stereocenters. The molecule has 3 nitrogen and oxygen atoms in total. The molecule has 0 radical (unpaired) electrons. The number of phenolic OH excluding ortho intramolecular Hbond substituents is 1. The number of nitrogens with zero attached hydrogens (tertiary/aromatic N) is 1. The van der Waals surface area contributed by atoms with Crippen molar-refractivity contribution in [2.45, 2.75) is 19.3 Å². The molecule has 0 amide bonds. The number of ether oxygens (including phenoxy) is 1. The van der Waals surface area contributed by atoms with E-state index in [1.165, 1.54) is 11.3 Å². The first-order valence-electron chi connectivity index (χ1n) is 7.79. The van der Waals surface area contributed by atoms with Crippen molar-refractivity contribution in [3.8, 4) is 5.75 Å². The molecule has 1 N–H and O–H groups in total. The Bertz CT molecular complexity index is 513. The van der Waals surface area contributed by atoms with Crippen LogP contribution in [-0.4, -0.2) is 36.3 Å². The Kier molecular flexibility index (Phi) is 4.61. The topological polar surface area (TPSA) is 32.7 Å². The zero-order valence-corrected chi connectivity index (χ0v) is 12.4. The molecule has 0 bridgehead atoms. The molecule has 1 saturated heterocycles. The predicted octanol–water partition coefficient (Wildman–Crippen LogP) is 3.12. The zero-order chi connectivity index (χ0) is 14.5. The van der Waals surface area contributed by atoms with E-state index in [1.54, 1.807) is 12.1 Å². The molecular weight excluding hydrogens is 262 g/mol. The number of aromatic hydroxyl groups is 1. The van der Waals surface area contributed by atoms with Crippen molar-refractivity contribution in [1.29, 1.82) is 0 Å². The normalized spacial score (nSPS) is 22.2. The van der Waals surface area contributed by atoms with Crippen molar-refractivity contribution in [3.05, 3.63) is 53.8 Å². The molecule has 21 heavy (non-hydrogen) atoms. The van der Waals surface area contributed by atoms with Gasteiger partial charge in [0.25, 0.3) is 0 Å². The van der Waals surface area contributed by atoms with Crippen LogP contribution in [-0.2, 0) is 11.2 Å². The van der Waals surface area contributed by atoms with Gasteiger partial charge in [0, 0.05) is 18.8 Å². The van der Waals surface area contributed by atoms with Crippen LogP contribution in [0.25, 0.3) is 0 Å². The second-order valence-corrected chi connectivity index (χ2v) is 5.81. The number of allylic oxidation sites excluding steroid dienone is 4. The lowest BCUT2D eigenvalue weighted by molar-refractivity contribution is 0.0511. The molecule has 0 aromatic heterocycles. The van der Waals surface area contributed by atoms with Crippen LogP contribution in [0.1, 0.15) is 18.4 Å². The van der Waals surface area contributed by atoms with Gasteiger partial charge in [-0.3, -0.25) is 0 Å². The summed E-state index contributed by atoms with van der Waals surface area (Å²) < 4.78 is 5.43. The van der Waals surface area contributed by atoms with Crippen LogP contribution in [0, 0.1) is 5.92 Å². The molecule has 1 unspecified atom stereocenters. The van der Waals surface area contributed by atoms with Crippen molar-refractivity contribution in [3.63, 3.8) is 0 Å². The number of morpholine rings is 1. The summed E-state index contributed by atoms with van der Waals surface area (Å²) in [5.41, 5.74) is 2.75. The number of hydrogen-bond acceptors (Lipinski definition) is 3. The van der Waals surface area contributed by atoms with Gasteiger partial charge in [-0.2, -0.15) is 0 Å². The number of hydrogen-bond donors (Lipinski definition) is 1. The van der Waals surface area contributed by atoms with Crippen LogP contribution in [0.3, 0.4) is 0 Å². The van der Waals surface area contributed by atoms with E-state index in [1.807, 2.05) is 12.1 Å². The minimum Gasteiger partial charge on any atom is -0.508 e. The first-order chi connectivity index (χ1) is 10.3. The number of aryl methyl sites for hydroxylation is 1. The number of phenols is 1. The highest BCUT2D eigenvalue weighted by molar-refractivity contribution is 5.26. The fourth-order valence-electron chi connectivity index (χ4n) is 3.03. The summed E-state index contributed by atoms with van der Waals surface area (Å²) in [7, 11) is 0. The van der Waals surface area contributed by atoms with Crippen LogP contribution in [0.5, 0.6) is 5.75 Å². The summed E-state index contributed by atoms with van der Waals surface area (Å²) in [5, 5.41) is 9.32. The molecule has 1 heterocycles. The molecule has 1 fully saturated rings. The van der Waals surface area contributed by atoms with Gasteiger partial charge in [-0.25, -0.2) is 0 Å². The van der Waals surface area contributed by atoms with Gasteiger partial charge in [0.15, 0.2) is 0 Å². The van der Waals surface area contributed by atoms with E-state index >= 15 is 0 Å². The van der Waals surface area contributed by atoms with Gasteiger partial charge in [0.2, 0.25) is 0 Å². The number of benzene rings is 1. The maximum absolute atomic E-state index is 9.32. The molecule has 1 aromatic rings. The average Bonchev–Trinajstić information content (AvgIpc) is 2.55. The molecule has 1 aliphatic heterocycles. The Hall–Kier alpha value is -1.74. The minimum absolute atomic E-state index is 0.342. The van der Waals surface area contributed by atoms with Gasteiger partial charge in [0.1, 0.15) is 5.75 Å². The van der Waals surface area contributed by atoms with Crippen LogP contribution in [0.2, 0.25) is 0 Å². The van der Waals surface area contributed by atoms with E-state index in [0.717, 1.165) is 45.6 Å². The highest BCUT2D eigenvalue weighted by Gasteiger charge is 2.18. The molecule has 2 aliphatic rings. The monoisotopic (exact) mass is 285 g/mol. The first-order valence-corrected chi connectivity index (χ1v) is 7.79. The van der Waals surface area contributed by atoms with Crippen molar-refractivity contribution in [2.75, 3.05) is 26.3 Å². The van der Waals surface area contributed by atoms with E-state index in [4.69, 9.17) is 4.74 Å². The maximum atomic E-state index is 9.32. The summed E-state index contributed by atoms with van der Waals surface area (Å²) >= 11 is 0. The molecule has 0 spiro atoms. The largest absolute Gasteiger partial charge is 0.508 e. The van der Waals surface area contributed by atoms with Gasteiger partial charge >= 0.3 is 0 Å². The van der Waals surface area contributed by atoms with Gasteiger partial charge in [-0.1, -0.05) is 24.3 Å². The Balaban J connectivity index is 1.52. The molecule has 1 aliphatic carbocycles. The summed E-state index contributed by atoms with van der Waals surface area (Å²) in [6.45, 7) is 3.73. The molecule has 112 valence electrons. The Morgan fingerprint density at radius 2 is 1.90 bits per heavy atom. The van der Waals surface area contributed by atoms with E-state index in [9.17, 15) is 5.11 Å². The Morgan fingerprint density at radius 1 is 1.14 bits per heavy atom. The van der Waals surface area contributed by atoms with Crippen molar-refractivity contribution < 1.29 is 9.84 Å². The second-order valence-electron chi connectivity index (χ2n) is 5.81. The third kappa shape index (κ3) is 3.88. The SMILES string of the molecule is Oc1ccc(CCC2C=CC=C(N3CCOCC3)C2)cc1. The first kappa shape index (κ1) is 14.2. The van der Waals surface area contributed by atoms with Crippen molar-refractivity contribution in [2.24, 2.45) is 5.92 Å². The van der Waals surface area contributed by atoms with Crippen LogP contribution in [0.4, 0.5) is 0 Å². The smallest absolute Gasteiger partial charge is 0.115 e. The lowest BCUT2D eigenvalue weighted by Gasteiger charge is -2.33. The molecule has 3 rings (SSSR count). The minimum atomic E-state index is 0.342. The summed E-state index contributed by atoms with van der Waals surface area (Å²) in [6, 6.07) is 7.57. The third-order valence-electron chi connectivity index (χ3n) is 4.30. The summed E-state index contributed by atoms with van der Waals surface area (Å²) in [4.78, 5) is 2.46. The highest BCUT2D eigenvalue weighted by atomic mass is 16.5. The van der Waals surface area contributed by atoms with E-state index in [-0.39, 0.29) is 0 Å². The highest BCUT2D eigenvalue weighted by Crippen LogP contribution is 2.26. The van der Waals surface area contributed by atoms with E-state index < -0.39 is 0 Å². The fourth-order valence-corrected chi connectivity index (χ4v) is 3.03. The summed E-state index contributed by atoms with van der Waals surface area (Å²) in [6.07, 6.45) is 10.1. The van der Waals surface area contributed by atoms with Crippen LogP contribution >= 0.6 is 0 Å². The average molecular weight is 285 g/mol. The van der Waals surface area contributed by atoms with Crippen molar-refractivity contribution in [1.82, 2.24) is 4.90 Å². The summed E-state index contributed by atoms with van der Waals surface area (Å²) in [5.74, 6) is 0.954. The fraction of sp³-hybridized carbons (Fsp3) is 0.444. The Labute approximate surface area is 126 Å². The van der Waals surface area contributed by atoms with Gasteiger partial charge in [-0.05, 0) is 49.0 Å². The van der Waals surface area contributed by atoms with Gasteiger partial charge in [0.05, 0.1) is 13.2 Å². The van der Waals surface area contributed by atoms with E-state index in [2.05, 4.69) is 23.1 Å². The van der Waals surface area contributed by atoms with Gasteiger partial charge in [-0.15, -0.1) is 0 Å². The van der Waals surface area contributed by atoms with Crippen LogP contribution < -0.4 is 0 Å². The zero-order valence-electron chi connectivity index (χ0n) is 12.4. The molecule has 3 heteroatoms. The Morgan fingerprint density at radius 3 is 2.67 bits per heavy atom. The lowest BCUT2D eigenvalue weighted by Crippen LogP contribution is -2.36. The third-order valence-corrected chi connectivity index (χ3v) is 4.30. The molecule has 0 saturated carbocycles. The lowest BCUT2D eigenvalue weighted by atomic mass is 9.91. The van der Waals surface area contributed by atoms with Gasteiger partial charge < -0.3 is 14.7 Å². The molecular formula is C18H23NO2. The number of rotatable bonds is 4. The maximum Gasteiger partial charge on any atom is 0.115 e. The van der Waals surface area contributed by atoms with Crippen LogP contribution in [0.15, 0.2) is 48.2 Å². The molecule has 1 aromatic carbocycles. The van der Waals surface area contributed by atoms with Crippen molar-refractivity contribution >= 4 is 0 Å². The standard InChI is InChI=1S/C18H23NO2/c20-18-8-6-15(7-9-18)4-5-16-2-1-3-17(14-16)19-10-12-21-13-11-19/h1-3,6-9,16,20H,4-5,10-14H2. The quantitative estimate of drug-likeness (QED) is 0.922. The second kappa shape index (κ2) is 6.81. The predicted molar refractivity (Wildman–Crippen MR) is 84.1 cm³/mol.